The van der Waals surface area contributed by atoms with Crippen molar-refractivity contribution in [2.75, 3.05) is 23.0 Å². The van der Waals surface area contributed by atoms with Gasteiger partial charge in [-0.25, -0.2) is 21.6 Å². The third-order valence-electron chi connectivity index (χ3n) is 4.28. The molecule has 0 heterocycles. The first-order valence-electron chi connectivity index (χ1n) is 9.52. The Kier molecular flexibility index (Phi) is 8.16. The predicted octanol–water partition coefficient (Wildman–Crippen LogP) is 2.83. The third kappa shape index (κ3) is 6.35. The molecule has 0 saturated carbocycles. The molecule has 0 aliphatic carbocycles. The van der Waals surface area contributed by atoms with Crippen molar-refractivity contribution in [1.29, 1.82) is 0 Å². The molecule has 1 amide bonds. The summed E-state index contributed by atoms with van der Waals surface area (Å²) in [5.41, 5.74) is 0.294. The Morgan fingerprint density at radius 1 is 1.06 bits per heavy atom. The van der Waals surface area contributed by atoms with E-state index in [1.54, 1.807) is 26.0 Å². The molecule has 0 radical (unpaired) electrons. The molecular weight excluding hydrogens is 478 g/mol. The number of methoxy groups -OCH3 is 1. The van der Waals surface area contributed by atoms with E-state index in [1.807, 2.05) is 0 Å². The van der Waals surface area contributed by atoms with Crippen molar-refractivity contribution >= 4 is 48.9 Å². The van der Waals surface area contributed by atoms with Crippen molar-refractivity contribution in [2.24, 2.45) is 0 Å². The average molecular weight is 504 g/mol. The van der Waals surface area contributed by atoms with Gasteiger partial charge >= 0.3 is 0 Å². The van der Waals surface area contributed by atoms with Crippen LogP contribution in [-0.4, -0.2) is 48.2 Å². The van der Waals surface area contributed by atoms with Crippen LogP contribution in [0.25, 0.3) is 0 Å². The van der Waals surface area contributed by atoms with Crippen LogP contribution in [0.3, 0.4) is 0 Å². The summed E-state index contributed by atoms with van der Waals surface area (Å²) < 4.78 is 58.5. The summed E-state index contributed by atoms with van der Waals surface area (Å²) in [7, 11) is -6.32. The van der Waals surface area contributed by atoms with Gasteiger partial charge in [0, 0.05) is 11.1 Å². The molecule has 32 heavy (non-hydrogen) atoms. The summed E-state index contributed by atoms with van der Waals surface area (Å²) in [4.78, 5) is 12.9. The Balaban J connectivity index is 2.42. The number of carbonyl (C=O) groups is 1. The van der Waals surface area contributed by atoms with Crippen molar-refractivity contribution in [3.63, 3.8) is 0 Å². The van der Waals surface area contributed by atoms with Gasteiger partial charge in [-0.15, -0.1) is 0 Å². The van der Waals surface area contributed by atoms with E-state index in [4.69, 9.17) is 16.3 Å². The lowest BCUT2D eigenvalue weighted by Crippen LogP contribution is -2.45. The van der Waals surface area contributed by atoms with E-state index in [0.29, 0.717) is 5.02 Å². The van der Waals surface area contributed by atoms with Crippen LogP contribution in [0.1, 0.15) is 20.8 Å². The predicted molar refractivity (Wildman–Crippen MR) is 125 cm³/mol. The van der Waals surface area contributed by atoms with Gasteiger partial charge in [0.2, 0.25) is 26.0 Å². The zero-order valence-corrected chi connectivity index (χ0v) is 20.7. The maximum atomic E-state index is 13.0. The monoisotopic (exact) mass is 503 g/mol. The SMILES string of the molecule is COc1ccc(S(=O)(=O)NC(C)C)cc1NC(=O)C(C)N(c1cccc(Cl)c1)S(C)(=O)=O. The first-order chi connectivity index (χ1) is 14.8. The number of carbonyl (C=O) groups excluding carboxylic acids is 1. The van der Waals surface area contributed by atoms with Crippen molar-refractivity contribution in [3.8, 4) is 5.75 Å². The van der Waals surface area contributed by atoms with E-state index < -0.39 is 32.0 Å². The number of ether oxygens (including phenoxy) is 1. The van der Waals surface area contributed by atoms with Crippen LogP contribution < -0.4 is 19.1 Å². The fourth-order valence-electron chi connectivity index (χ4n) is 2.99. The molecule has 9 nitrogen and oxygen atoms in total. The lowest BCUT2D eigenvalue weighted by atomic mass is 10.2. The number of amides is 1. The molecule has 0 spiro atoms. The average Bonchev–Trinajstić information content (AvgIpc) is 2.66. The fraction of sp³-hybridized carbons (Fsp3) is 0.350. The smallest absolute Gasteiger partial charge is 0.248 e. The van der Waals surface area contributed by atoms with Gasteiger partial charge in [0.25, 0.3) is 0 Å². The van der Waals surface area contributed by atoms with Crippen molar-refractivity contribution < 1.29 is 26.4 Å². The van der Waals surface area contributed by atoms with E-state index in [2.05, 4.69) is 10.0 Å². The van der Waals surface area contributed by atoms with Gasteiger partial charge in [0.15, 0.2) is 0 Å². The molecule has 0 aliphatic rings. The first-order valence-corrected chi connectivity index (χ1v) is 13.2. The van der Waals surface area contributed by atoms with Crippen molar-refractivity contribution in [3.05, 3.63) is 47.5 Å². The lowest BCUT2D eigenvalue weighted by molar-refractivity contribution is -0.116. The van der Waals surface area contributed by atoms with E-state index in [-0.39, 0.29) is 28.1 Å². The summed E-state index contributed by atoms with van der Waals surface area (Å²) in [6.07, 6.45) is 0.975. The number of benzene rings is 2. The van der Waals surface area contributed by atoms with Gasteiger partial charge < -0.3 is 10.1 Å². The van der Waals surface area contributed by atoms with Crippen molar-refractivity contribution in [1.82, 2.24) is 4.72 Å². The largest absolute Gasteiger partial charge is 0.495 e. The minimum atomic E-state index is -3.86. The number of anilines is 2. The Morgan fingerprint density at radius 3 is 2.25 bits per heavy atom. The Bertz CT molecular complexity index is 1200. The second kappa shape index (κ2) is 10.1. The second-order valence-electron chi connectivity index (χ2n) is 7.34. The van der Waals surface area contributed by atoms with E-state index in [0.717, 1.165) is 10.6 Å². The highest BCUT2D eigenvalue weighted by Crippen LogP contribution is 2.29. The highest BCUT2D eigenvalue weighted by Gasteiger charge is 2.30. The molecule has 1 unspecified atom stereocenters. The lowest BCUT2D eigenvalue weighted by Gasteiger charge is -2.28. The van der Waals surface area contributed by atoms with Gasteiger partial charge in [-0.2, -0.15) is 0 Å². The van der Waals surface area contributed by atoms with Gasteiger partial charge in [-0.05, 0) is 57.2 Å². The summed E-state index contributed by atoms with van der Waals surface area (Å²) in [6, 6.07) is 8.58. The molecule has 2 aromatic rings. The molecule has 1 atom stereocenters. The summed E-state index contributed by atoms with van der Waals surface area (Å²) in [6.45, 7) is 4.77. The van der Waals surface area contributed by atoms with Crippen LogP contribution in [0.5, 0.6) is 5.75 Å². The van der Waals surface area contributed by atoms with Gasteiger partial charge in [0.1, 0.15) is 11.8 Å². The maximum Gasteiger partial charge on any atom is 0.248 e. The number of hydrogen-bond donors (Lipinski definition) is 2. The van der Waals surface area contributed by atoms with Crippen LogP contribution >= 0.6 is 11.6 Å². The van der Waals surface area contributed by atoms with Crippen LogP contribution in [0, 0.1) is 0 Å². The van der Waals surface area contributed by atoms with Gasteiger partial charge in [-0.3, -0.25) is 9.10 Å². The number of sulfonamides is 2. The standard InChI is InChI=1S/C20H26ClN3O6S2/c1-13(2)23-32(28,29)17-9-10-19(30-4)18(12-17)22-20(25)14(3)24(31(5,26)27)16-8-6-7-15(21)11-16/h6-14,23H,1-5H3,(H,22,25). The molecule has 2 N–H and O–H groups in total. The molecular formula is C20H26ClN3O6S2. The number of halogens is 1. The Labute approximate surface area is 193 Å². The molecule has 2 aromatic carbocycles. The number of nitrogens with one attached hydrogen (secondary N) is 2. The normalized spacial score (nSPS) is 13.0. The summed E-state index contributed by atoms with van der Waals surface area (Å²) >= 11 is 5.99. The van der Waals surface area contributed by atoms with Gasteiger partial charge in [0.05, 0.1) is 29.6 Å². The quantitative estimate of drug-likeness (QED) is 0.542. The minimum absolute atomic E-state index is 0.0789. The molecule has 0 bridgehead atoms. The molecule has 0 saturated heterocycles. The van der Waals surface area contributed by atoms with Crippen LogP contribution in [-0.2, 0) is 24.8 Å². The van der Waals surface area contributed by atoms with E-state index in [9.17, 15) is 21.6 Å². The zero-order chi connectivity index (χ0) is 24.3. The zero-order valence-electron chi connectivity index (χ0n) is 18.3. The molecule has 176 valence electrons. The van der Waals surface area contributed by atoms with Crippen LogP contribution in [0.2, 0.25) is 5.02 Å². The molecule has 0 fully saturated rings. The second-order valence-corrected chi connectivity index (χ2v) is 11.4. The molecule has 12 heteroatoms. The van der Waals surface area contributed by atoms with Gasteiger partial charge in [-0.1, -0.05) is 17.7 Å². The van der Waals surface area contributed by atoms with E-state index >= 15 is 0 Å². The molecule has 2 rings (SSSR count). The highest BCUT2D eigenvalue weighted by molar-refractivity contribution is 7.92. The number of nitrogens with zero attached hydrogens (tertiary/aromatic N) is 1. The maximum absolute atomic E-state index is 13.0. The first kappa shape index (κ1) is 25.9. The number of rotatable bonds is 9. The number of hydrogen-bond acceptors (Lipinski definition) is 6. The minimum Gasteiger partial charge on any atom is -0.495 e. The highest BCUT2D eigenvalue weighted by atomic mass is 35.5. The Hall–Kier alpha value is -2.34. The van der Waals surface area contributed by atoms with E-state index in [1.165, 1.54) is 44.4 Å². The summed E-state index contributed by atoms with van der Waals surface area (Å²) in [5.74, 6) is -0.484. The van der Waals surface area contributed by atoms with Crippen LogP contribution in [0.15, 0.2) is 47.4 Å². The molecule has 0 aromatic heterocycles. The Morgan fingerprint density at radius 2 is 1.72 bits per heavy atom. The third-order valence-corrected chi connectivity index (χ3v) is 7.41. The topological polar surface area (TPSA) is 122 Å². The fourth-order valence-corrected chi connectivity index (χ4v) is 5.62. The summed E-state index contributed by atoms with van der Waals surface area (Å²) in [5, 5.41) is 2.88. The molecule has 0 aliphatic heterocycles. The van der Waals surface area contributed by atoms with Crippen LogP contribution in [0.4, 0.5) is 11.4 Å². The van der Waals surface area contributed by atoms with Crippen molar-refractivity contribution in [2.45, 2.75) is 37.8 Å².